The monoisotopic (exact) mass is 370 g/mol. The summed E-state index contributed by atoms with van der Waals surface area (Å²) >= 11 is 0. The summed E-state index contributed by atoms with van der Waals surface area (Å²) in [6.07, 6.45) is 0. The van der Waals surface area contributed by atoms with E-state index in [9.17, 15) is 9.59 Å². The molecule has 6 nitrogen and oxygen atoms in total. The summed E-state index contributed by atoms with van der Waals surface area (Å²) < 4.78 is 10.5. The molecular formula is C21H26N2O4. The Balaban J connectivity index is 2.10. The van der Waals surface area contributed by atoms with Crippen molar-refractivity contribution in [1.82, 2.24) is 5.32 Å². The highest BCUT2D eigenvalue weighted by molar-refractivity contribution is 6.03. The number of amides is 2. The van der Waals surface area contributed by atoms with Crippen molar-refractivity contribution in [1.29, 1.82) is 0 Å². The standard InChI is InChI=1S/C21H26N2O4/c1-13(2)15-9-6-8-14(3)20(15)23-18(24)12-22-21(25)19-16(26-4)10-7-11-17(19)27-5/h6-11,13H,12H2,1-5H3,(H,22,25)(H,23,24). The van der Waals surface area contributed by atoms with Gasteiger partial charge in [0.2, 0.25) is 5.91 Å². The van der Waals surface area contributed by atoms with Gasteiger partial charge in [0.25, 0.3) is 5.91 Å². The molecule has 0 fully saturated rings. The first-order valence-electron chi connectivity index (χ1n) is 8.77. The fourth-order valence-corrected chi connectivity index (χ4v) is 2.85. The smallest absolute Gasteiger partial charge is 0.259 e. The van der Waals surface area contributed by atoms with E-state index in [1.54, 1.807) is 18.2 Å². The molecule has 0 aliphatic heterocycles. The van der Waals surface area contributed by atoms with E-state index >= 15 is 0 Å². The molecule has 144 valence electrons. The SMILES string of the molecule is COc1cccc(OC)c1C(=O)NCC(=O)Nc1c(C)cccc1C(C)C. The molecule has 0 unspecified atom stereocenters. The second-order valence-electron chi connectivity index (χ2n) is 6.46. The highest BCUT2D eigenvalue weighted by Crippen LogP contribution is 2.28. The Labute approximate surface area is 159 Å². The fourth-order valence-electron chi connectivity index (χ4n) is 2.85. The van der Waals surface area contributed by atoms with E-state index in [1.165, 1.54) is 14.2 Å². The van der Waals surface area contributed by atoms with Crippen molar-refractivity contribution in [2.24, 2.45) is 0 Å². The van der Waals surface area contributed by atoms with Gasteiger partial charge in [0.1, 0.15) is 17.1 Å². The molecule has 0 atom stereocenters. The van der Waals surface area contributed by atoms with Crippen molar-refractivity contribution in [3.05, 3.63) is 53.1 Å². The summed E-state index contributed by atoms with van der Waals surface area (Å²) in [6.45, 7) is 5.92. The minimum Gasteiger partial charge on any atom is -0.496 e. The summed E-state index contributed by atoms with van der Waals surface area (Å²) in [5.41, 5.74) is 3.09. The van der Waals surface area contributed by atoms with Crippen LogP contribution in [0.1, 0.15) is 41.3 Å². The molecule has 2 aromatic carbocycles. The number of methoxy groups -OCH3 is 2. The van der Waals surface area contributed by atoms with Gasteiger partial charge in [-0.15, -0.1) is 0 Å². The molecule has 0 radical (unpaired) electrons. The first kappa shape index (κ1) is 20.3. The fraction of sp³-hybridized carbons (Fsp3) is 0.333. The lowest BCUT2D eigenvalue weighted by atomic mass is 9.98. The third-order valence-corrected chi connectivity index (χ3v) is 4.26. The number of hydrogen-bond donors (Lipinski definition) is 2. The van der Waals surface area contributed by atoms with Crippen LogP contribution in [0.15, 0.2) is 36.4 Å². The van der Waals surface area contributed by atoms with Gasteiger partial charge in [0, 0.05) is 5.69 Å². The van der Waals surface area contributed by atoms with Gasteiger partial charge in [0.15, 0.2) is 0 Å². The number of hydrogen-bond acceptors (Lipinski definition) is 4. The topological polar surface area (TPSA) is 76.7 Å². The summed E-state index contributed by atoms with van der Waals surface area (Å²) in [6, 6.07) is 11.0. The Morgan fingerprint density at radius 1 is 1.00 bits per heavy atom. The third kappa shape index (κ3) is 4.78. The van der Waals surface area contributed by atoms with Crippen LogP contribution in [0.5, 0.6) is 11.5 Å². The van der Waals surface area contributed by atoms with Crippen LogP contribution in [-0.4, -0.2) is 32.6 Å². The highest BCUT2D eigenvalue weighted by atomic mass is 16.5. The molecule has 2 aromatic rings. The number of carbonyl (C=O) groups excluding carboxylic acids is 2. The lowest BCUT2D eigenvalue weighted by Gasteiger charge is -2.17. The third-order valence-electron chi connectivity index (χ3n) is 4.26. The van der Waals surface area contributed by atoms with E-state index < -0.39 is 5.91 Å². The van der Waals surface area contributed by atoms with Gasteiger partial charge >= 0.3 is 0 Å². The highest BCUT2D eigenvalue weighted by Gasteiger charge is 2.19. The number of benzene rings is 2. The summed E-state index contributed by atoms with van der Waals surface area (Å²) in [5.74, 6) is 0.302. The zero-order valence-electron chi connectivity index (χ0n) is 16.4. The molecule has 6 heteroatoms. The summed E-state index contributed by atoms with van der Waals surface area (Å²) in [4.78, 5) is 24.9. The molecule has 0 saturated heterocycles. The van der Waals surface area contributed by atoms with Crippen molar-refractivity contribution in [3.8, 4) is 11.5 Å². The van der Waals surface area contributed by atoms with E-state index in [2.05, 4.69) is 24.5 Å². The largest absolute Gasteiger partial charge is 0.496 e. The van der Waals surface area contributed by atoms with Crippen molar-refractivity contribution in [2.75, 3.05) is 26.1 Å². The van der Waals surface area contributed by atoms with Crippen LogP contribution in [-0.2, 0) is 4.79 Å². The molecule has 0 aliphatic rings. The van der Waals surface area contributed by atoms with Crippen LogP contribution in [0.2, 0.25) is 0 Å². The number of nitrogens with one attached hydrogen (secondary N) is 2. The lowest BCUT2D eigenvalue weighted by molar-refractivity contribution is -0.115. The number of para-hydroxylation sites is 1. The van der Waals surface area contributed by atoms with E-state index in [0.29, 0.717) is 11.5 Å². The summed E-state index contributed by atoms with van der Waals surface area (Å²) in [7, 11) is 2.95. The molecular weight excluding hydrogens is 344 g/mol. The molecule has 2 amide bonds. The number of aryl methyl sites for hydroxylation is 1. The van der Waals surface area contributed by atoms with Gasteiger partial charge in [-0.25, -0.2) is 0 Å². The average molecular weight is 370 g/mol. The maximum absolute atomic E-state index is 12.6. The molecule has 0 aliphatic carbocycles. The van der Waals surface area contributed by atoms with Gasteiger partial charge in [0.05, 0.1) is 20.8 Å². The zero-order valence-corrected chi connectivity index (χ0v) is 16.4. The van der Waals surface area contributed by atoms with Crippen molar-refractivity contribution < 1.29 is 19.1 Å². The van der Waals surface area contributed by atoms with Gasteiger partial charge in [-0.05, 0) is 36.1 Å². The normalized spacial score (nSPS) is 10.4. The minimum atomic E-state index is -0.437. The molecule has 0 saturated carbocycles. The molecule has 0 bridgehead atoms. The Bertz CT molecular complexity index is 809. The molecule has 0 aromatic heterocycles. The molecule has 2 N–H and O–H groups in total. The Hall–Kier alpha value is -3.02. The minimum absolute atomic E-state index is 0.161. The number of carbonyl (C=O) groups is 2. The maximum atomic E-state index is 12.6. The van der Waals surface area contributed by atoms with Gasteiger partial charge < -0.3 is 20.1 Å². The van der Waals surface area contributed by atoms with Crippen LogP contribution in [0, 0.1) is 6.92 Å². The van der Waals surface area contributed by atoms with E-state index in [0.717, 1.165) is 16.8 Å². The van der Waals surface area contributed by atoms with E-state index in [1.807, 2.05) is 25.1 Å². The summed E-state index contributed by atoms with van der Waals surface area (Å²) in [5, 5.41) is 5.53. The molecule has 2 rings (SSSR count). The Morgan fingerprint density at radius 2 is 1.59 bits per heavy atom. The number of anilines is 1. The quantitative estimate of drug-likeness (QED) is 0.782. The van der Waals surface area contributed by atoms with Crippen molar-refractivity contribution in [3.63, 3.8) is 0 Å². The Morgan fingerprint density at radius 3 is 2.15 bits per heavy atom. The predicted molar refractivity (Wildman–Crippen MR) is 106 cm³/mol. The molecule has 0 heterocycles. The van der Waals surface area contributed by atoms with Crippen LogP contribution in [0.25, 0.3) is 0 Å². The molecule has 0 spiro atoms. The van der Waals surface area contributed by atoms with Crippen molar-refractivity contribution >= 4 is 17.5 Å². The van der Waals surface area contributed by atoms with Crippen LogP contribution in [0.3, 0.4) is 0 Å². The first-order valence-corrected chi connectivity index (χ1v) is 8.77. The maximum Gasteiger partial charge on any atom is 0.259 e. The van der Waals surface area contributed by atoms with E-state index in [-0.39, 0.29) is 23.9 Å². The number of rotatable bonds is 7. The van der Waals surface area contributed by atoms with Gasteiger partial charge in [-0.2, -0.15) is 0 Å². The Kier molecular flexibility index (Phi) is 6.82. The van der Waals surface area contributed by atoms with Crippen LogP contribution < -0.4 is 20.1 Å². The average Bonchev–Trinajstić information content (AvgIpc) is 2.66. The lowest BCUT2D eigenvalue weighted by Crippen LogP contribution is -2.33. The second kappa shape index (κ2) is 9.07. The van der Waals surface area contributed by atoms with Crippen molar-refractivity contribution in [2.45, 2.75) is 26.7 Å². The zero-order chi connectivity index (χ0) is 20.0. The molecule has 27 heavy (non-hydrogen) atoms. The van der Waals surface area contributed by atoms with Crippen LogP contribution in [0.4, 0.5) is 5.69 Å². The van der Waals surface area contributed by atoms with Gasteiger partial charge in [-0.1, -0.05) is 38.1 Å². The van der Waals surface area contributed by atoms with Crippen LogP contribution >= 0.6 is 0 Å². The first-order chi connectivity index (χ1) is 12.9. The number of ether oxygens (including phenoxy) is 2. The van der Waals surface area contributed by atoms with E-state index in [4.69, 9.17) is 9.47 Å². The second-order valence-corrected chi connectivity index (χ2v) is 6.46. The predicted octanol–water partition coefficient (Wildman–Crippen LogP) is 3.50. The van der Waals surface area contributed by atoms with Gasteiger partial charge in [-0.3, -0.25) is 9.59 Å².